The normalized spacial score (nSPS) is 13.2. The van der Waals surface area contributed by atoms with Crippen molar-refractivity contribution in [2.45, 2.75) is 39.5 Å². The summed E-state index contributed by atoms with van der Waals surface area (Å²) < 4.78 is 37.8. The Kier molecular flexibility index (Phi) is 5.60. The predicted octanol–water partition coefficient (Wildman–Crippen LogP) is 2.86. The summed E-state index contributed by atoms with van der Waals surface area (Å²) in [5, 5.41) is 11.5. The van der Waals surface area contributed by atoms with Gasteiger partial charge in [-0.15, -0.1) is 0 Å². The van der Waals surface area contributed by atoms with Crippen molar-refractivity contribution in [2.24, 2.45) is 10.9 Å². The van der Waals surface area contributed by atoms with Crippen molar-refractivity contribution >= 4 is 5.84 Å². The van der Waals surface area contributed by atoms with Crippen LogP contribution in [0.4, 0.5) is 13.2 Å². The first-order valence-corrected chi connectivity index (χ1v) is 6.52. The minimum Gasteiger partial charge on any atom is -0.409 e. The van der Waals surface area contributed by atoms with E-state index in [1.165, 1.54) is 4.90 Å². The van der Waals surface area contributed by atoms with Crippen LogP contribution in [0.15, 0.2) is 23.4 Å². The molecule has 0 aliphatic rings. The van der Waals surface area contributed by atoms with Crippen molar-refractivity contribution in [3.63, 3.8) is 0 Å². The van der Waals surface area contributed by atoms with E-state index >= 15 is 0 Å². The third-order valence-electron chi connectivity index (χ3n) is 3.23. The van der Waals surface area contributed by atoms with Gasteiger partial charge in [-0.3, -0.25) is 4.90 Å². The van der Waals surface area contributed by atoms with Gasteiger partial charge in [0.15, 0.2) is 5.84 Å². The highest BCUT2D eigenvalue weighted by atomic mass is 19.4. The molecule has 0 spiro atoms. The van der Waals surface area contributed by atoms with Crippen molar-refractivity contribution in [2.75, 3.05) is 6.54 Å². The van der Waals surface area contributed by atoms with Gasteiger partial charge in [0.2, 0.25) is 0 Å². The SMILES string of the molecule is Cc1cc(/C(N)=N/O)ccc1CN(CC(F)(F)F)C(C)C. The van der Waals surface area contributed by atoms with E-state index in [-0.39, 0.29) is 18.4 Å². The Morgan fingerprint density at radius 2 is 2.00 bits per heavy atom. The minimum absolute atomic E-state index is 0.0272. The van der Waals surface area contributed by atoms with E-state index < -0.39 is 12.7 Å². The summed E-state index contributed by atoms with van der Waals surface area (Å²) in [4.78, 5) is 1.35. The van der Waals surface area contributed by atoms with E-state index in [2.05, 4.69) is 5.16 Å². The average Bonchev–Trinajstić information content (AvgIpc) is 2.37. The smallest absolute Gasteiger partial charge is 0.401 e. The van der Waals surface area contributed by atoms with Crippen LogP contribution >= 0.6 is 0 Å². The van der Waals surface area contributed by atoms with Crippen LogP contribution in [0.3, 0.4) is 0 Å². The van der Waals surface area contributed by atoms with E-state index in [0.717, 1.165) is 11.1 Å². The fraction of sp³-hybridized carbons (Fsp3) is 0.500. The van der Waals surface area contributed by atoms with Crippen LogP contribution in [0.2, 0.25) is 0 Å². The van der Waals surface area contributed by atoms with Crippen LogP contribution in [0.25, 0.3) is 0 Å². The Balaban J connectivity index is 2.95. The number of oxime groups is 1. The number of amidine groups is 1. The zero-order valence-corrected chi connectivity index (χ0v) is 12.3. The molecule has 4 nitrogen and oxygen atoms in total. The first-order chi connectivity index (χ1) is 9.64. The second kappa shape index (κ2) is 6.80. The maximum absolute atomic E-state index is 12.6. The van der Waals surface area contributed by atoms with Gasteiger partial charge in [0.1, 0.15) is 0 Å². The third kappa shape index (κ3) is 5.26. The van der Waals surface area contributed by atoms with Crippen molar-refractivity contribution in [1.82, 2.24) is 4.90 Å². The number of nitrogens with zero attached hydrogens (tertiary/aromatic N) is 2. The summed E-state index contributed by atoms with van der Waals surface area (Å²) >= 11 is 0. The first kappa shape index (κ1) is 17.3. The van der Waals surface area contributed by atoms with Gasteiger partial charge in [-0.25, -0.2) is 0 Å². The number of nitrogens with two attached hydrogens (primary N) is 1. The maximum atomic E-state index is 12.6. The summed E-state index contributed by atoms with van der Waals surface area (Å²) in [6.45, 7) is 4.48. The minimum atomic E-state index is -4.23. The first-order valence-electron chi connectivity index (χ1n) is 6.52. The molecule has 1 rings (SSSR count). The van der Waals surface area contributed by atoms with Crippen LogP contribution in [-0.4, -0.2) is 34.7 Å². The molecular weight excluding hydrogens is 283 g/mol. The van der Waals surface area contributed by atoms with Gasteiger partial charge in [0, 0.05) is 18.2 Å². The molecule has 0 bridgehead atoms. The molecule has 0 amide bonds. The van der Waals surface area contributed by atoms with Crippen LogP contribution < -0.4 is 5.73 Å². The fourth-order valence-electron chi connectivity index (χ4n) is 1.96. The quantitative estimate of drug-likeness (QED) is 0.380. The van der Waals surface area contributed by atoms with Crippen LogP contribution in [0.1, 0.15) is 30.5 Å². The van der Waals surface area contributed by atoms with Gasteiger partial charge in [0.25, 0.3) is 0 Å². The van der Waals surface area contributed by atoms with Gasteiger partial charge in [0.05, 0.1) is 6.54 Å². The summed E-state index contributed by atoms with van der Waals surface area (Å²) in [6, 6.07) is 4.80. The molecule has 0 fully saturated rings. The van der Waals surface area contributed by atoms with Crippen molar-refractivity contribution in [3.8, 4) is 0 Å². The lowest BCUT2D eigenvalue weighted by atomic mass is 10.0. The molecule has 1 aromatic rings. The Labute approximate surface area is 122 Å². The number of rotatable bonds is 5. The second-order valence-electron chi connectivity index (χ2n) is 5.24. The number of benzene rings is 1. The molecule has 118 valence electrons. The van der Waals surface area contributed by atoms with E-state index in [1.54, 1.807) is 39.0 Å². The molecule has 0 aliphatic carbocycles. The summed E-state index contributed by atoms with van der Waals surface area (Å²) in [6.07, 6.45) is -4.23. The molecule has 0 heterocycles. The zero-order chi connectivity index (χ0) is 16.2. The monoisotopic (exact) mass is 303 g/mol. The Bertz CT molecular complexity index is 513. The Hall–Kier alpha value is -1.76. The topological polar surface area (TPSA) is 61.9 Å². The standard InChI is InChI=1S/C14H20F3N3O/c1-9(2)20(8-14(15,16)17)7-12-5-4-11(6-10(12)3)13(18)19-21/h4-6,9,21H,7-8H2,1-3H3,(H2,18,19). The molecule has 0 unspecified atom stereocenters. The Morgan fingerprint density at radius 3 is 2.43 bits per heavy atom. The van der Waals surface area contributed by atoms with Gasteiger partial charge in [-0.2, -0.15) is 13.2 Å². The van der Waals surface area contributed by atoms with Crippen LogP contribution in [0.5, 0.6) is 0 Å². The molecule has 0 aromatic heterocycles. The van der Waals surface area contributed by atoms with Gasteiger partial charge < -0.3 is 10.9 Å². The molecule has 0 saturated heterocycles. The number of alkyl halides is 3. The van der Waals surface area contributed by atoms with Crippen LogP contribution in [-0.2, 0) is 6.54 Å². The number of hydrogen-bond donors (Lipinski definition) is 2. The lowest BCUT2D eigenvalue weighted by Crippen LogP contribution is -2.38. The molecule has 0 atom stereocenters. The van der Waals surface area contributed by atoms with Crippen molar-refractivity contribution in [1.29, 1.82) is 0 Å². The summed E-state index contributed by atoms with van der Waals surface area (Å²) in [7, 11) is 0. The van der Waals surface area contributed by atoms with E-state index in [9.17, 15) is 13.2 Å². The molecule has 0 aliphatic heterocycles. The van der Waals surface area contributed by atoms with E-state index in [1.807, 2.05) is 0 Å². The van der Waals surface area contributed by atoms with Crippen molar-refractivity contribution in [3.05, 3.63) is 34.9 Å². The highest BCUT2D eigenvalue weighted by Crippen LogP contribution is 2.21. The summed E-state index contributed by atoms with van der Waals surface area (Å²) in [5.74, 6) is -0.0272. The Morgan fingerprint density at radius 1 is 1.38 bits per heavy atom. The average molecular weight is 303 g/mol. The third-order valence-corrected chi connectivity index (χ3v) is 3.23. The number of halogens is 3. The lowest BCUT2D eigenvalue weighted by Gasteiger charge is -2.28. The van der Waals surface area contributed by atoms with Gasteiger partial charge in [-0.05, 0) is 38.0 Å². The molecular formula is C14H20F3N3O. The highest BCUT2D eigenvalue weighted by molar-refractivity contribution is 5.97. The number of hydrogen-bond acceptors (Lipinski definition) is 3. The van der Waals surface area contributed by atoms with Gasteiger partial charge in [-0.1, -0.05) is 17.3 Å². The molecule has 21 heavy (non-hydrogen) atoms. The van der Waals surface area contributed by atoms with E-state index in [0.29, 0.717) is 5.56 Å². The van der Waals surface area contributed by atoms with Crippen LogP contribution in [0, 0.1) is 6.92 Å². The highest BCUT2D eigenvalue weighted by Gasteiger charge is 2.31. The lowest BCUT2D eigenvalue weighted by molar-refractivity contribution is -0.150. The molecule has 0 saturated carbocycles. The maximum Gasteiger partial charge on any atom is 0.401 e. The van der Waals surface area contributed by atoms with Gasteiger partial charge >= 0.3 is 6.18 Å². The number of aryl methyl sites for hydroxylation is 1. The fourth-order valence-corrected chi connectivity index (χ4v) is 1.96. The second-order valence-corrected chi connectivity index (χ2v) is 5.24. The molecule has 7 heteroatoms. The zero-order valence-electron chi connectivity index (χ0n) is 12.3. The predicted molar refractivity (Wildman–Crippen MR) is 75.3 cm³/mol. The van der Waals surface area contributed by atoms with E-state index in [4.69, 9.17) is 10.9 Å². The largest absolute Gasteiger partial charge is 0.409 e. The molecule has 1 aromatic carbocycles. The molecule has 0 radical (unpaired) electrons. The summed E-state index contributed by atoms with van der Waals surface area (Å²) in [5.41, 5.74) is 7.60. The molecule has 3 N–H and O–H groups in total. The van der Waals surface area contributed by atoms with Crippen molar-refractivity contribution < 1.29 is 18.4 Å².